The third-order valence-electron chi connectivity index (χ3n) is 3.36. The van der Waals surface area contributed by atoms with Crippen LogP contribution in [0.5, 0.6) is 0 Å². The van der Waals surface area contributed by atoms with Crippen LogP contribution in [0.25, 0.3) is 10.9 Å². The maximum Gasteiger partial charge on any atom is 0.270 e. The Morgan fingerprint density at radius 3 is 2.95 bits per heavy atom. The molecule has 0 radical (unpaired) electrons. The summed E-state index contributed by atoms with van der Waals surface area (Å²) in [5.41, 5.74) is 0.603. The quantitative estimate of drug-likeness (QED) is 0.690. The predicted octanol–water partition coefficient (Wildman–Crippen LogP) is 2.26. The maximum absolute atomic E-state index is 11.9. The summed E-state index contributed by atoms with van der Waals surface area (Å²) in [6, 6.07) is 7.73. The minimum atomic E-state index is -0.452. The number of hydrogen-bond donors (Lipinski definition) is 1. The zero-order valence-corrected chi connectivity index (χ0v) is 11.1. The normalized spacial score (nSPS) is 17.8. The summed E-state index contributed by atoms with van der Waals surface area (Å²) in [5, 5.41) is 14.1. The molecular weight excluding hydrogens is 274 g/mol. The predicted molar refractivity (Wildman–Crippen MR) is 76.0 cm³/mol. The summed E-state index contributed by atoms with van der Waals surface area (Å²) in [6.07, 6.45) is 1.18. The summed E-state index contributed by atoms with van der Waals surface area (Å²) in [5.74, 6) is 0.207. The molecular formula is C14H13N3O4. The molecule has 1 aliphatic heterocycles. The first-order chi connectivity index (χ1) is 10.1. The third kappa shape index (κ3) is 2.82. The number of pyridine rings is 1. The smallest absolute Gasteiger partial charge is 0.270 e. The van der Waals surface area contributed by atoms with Crippen LogP contribution in [0.2, 0.25) is 0 Å². The minimum absolute atomic E-state index is 0.0143. The van der Waals surface area contributed by atoms with Crippen LogP contribution in [0.3, 0.4) is 0 Å². The fourth-order valence-corrected chi connectivity index (χ4v) is 2.29. The number of hydrogen-bond acceptors (Lipinski definition) is 5. The summed E-state index contributed by atoms with van der Waals surface area (Å²) in [7, 11) is 0. The van der Waals surface area contributed by atoms with Gasteiger partial charge in [0.1, 0.15) is 11.9 Å². The molecule has 1 fully saturated rings. The standard InChI is InChI=1S/C14H13N3O4/c18-14(12-2-1-7-21-12)16-13-6-3-9-8-10(17(19)20)4-5-11(9)15-13/h3-6,8,12H,1-2,7H2,(H,15,16,18). The lowest BCUT2D eigenvalue weighted by Gasteiger charge is -2.10. The Kier molecular flexibility index (Phi) is 3.49. The van der Waals surface area contributed by atoms with Gasteiger partial charge in [-0.1, -0.05) is 0 Å². The molecule has 1 aromatic carbocycles. The number of amides is 1. The number of non-ortho nitro benzene ring substituents is 1. The molecule has 0 bridgehead atoms. The summed E-state index contributed by atoms with van der Waals surface area (Å²) < 4.78 is 5.30. The molecule has 7 nitrogen and oxygen atoms in total. The Morgan fingerprint density at radius 1 is 1.38 bits per heavy atom. The van der Waals surface area contributed by atoms with E-state index in [1.165, 1.54) is 12.1 Å². The molecule has 2 aromatic rings. The van der Waals surface area contributed by atoms with Crippen LogP contribution in [-0.4, -0.2) is 28.5 Å². The lowest BCUT2D eigenvalue weighted by molar-refractivity contribution is -0.384. The van der Waals surface area contributed by atoms with Crippen molar-refractivity contribution in [1.82, 2.24) is 4.98 Å². The summed E-state index contributed by atoms with van der Waals surface area (Å²) in [4.78, 5) is 26.5. The molecule has 108 valence electrons. The molecule has 2 heterocycles. The first-order valence-corrected chi connectivity index (χ1v) is 6.61. The number of nitro benzene ring substituents is 1. The second kappa shape index (κ2) is 5.45. The number of rotatable bonds is 3. The van der Waals surface area contributed by atoms with Gasteiger partial charge in [0.2, 0.25) is 0 Å². The first kappa shape index (κ1) is 13.4. The highest BCUT2D eigenvalue weighted by atomic mass is 16.6. The molecule has 1 aromatic heterocycles. The van der Waals surface area contributed by atoms with Gasteiger partial charge in [0.05, 0.1) is 10.4 Å². The van der Waals surface area contributed by atoms with E-state index >= 15 is 0 Å². The monoisotopic (exact) mass is 287 g/mol. The SMILES string of the molecule is O=C(Nc1ccc2cc([N+](=O)[O-])ccc2n1)C1CCCO1. The van der Waals surface area contributed by atoms with Gasteiger partial charge in [-0.15, -0.1) is 0 Å². The van der Waals surface area contributed by atoms with Gasteiger partial charge in [-0.2, -0.15) is 0 Å². The van der Waals surface area contributed by atoms with Gasteiger partial charge in [-0.25, -0.2) is 4.98 Å². The maximum atomic E-state index is 11.9. The zero-order valence-electron chi connectivity index (χ0n) is 11.1. The second-order valence-electron chi connectivity index (χ2n) is 4.82. The number of nitrogens with one attached hydrogen (secondary N) is 1. The Labute approximate surface area is 120 Å². The van der Waals surface area contributed by atoms with E-state index in [-0.39, 0.29) is 11.6 Å². The molecule has 7 heteroatoms. The molecule has 1 unspecified atom stereocenters. The second-order valence-corrected chi connectivity index (χ2v) is 4.82. The molecule has 1 atom stereocenters. The van der Waals surface area contributed by atoms with Gasteiger partial charge >= 0.3 is 0 Å². The van der Waals surface area contributed by atoms with E-state index in [0.717, 1.165) is 6.42 Å². The van der Waals surface area contributed by atoms with Crippen molar-refractivity contribution in [2.45, 2.75) is 18.9 Å². The van der Waals surface area contributed by atoms with Crippen LogP contribution in [0, 0.1) is 10.1 Å². The number of anilines is 1. The first-order valence-electron chi connectivity index (χ1n) is 6.61. The van der Waals surface area contributed by atoms with Crippen molar-refractivity contribution in [3.05, 3.63) is 40.4 Å². The van der Waals surface area contributed by atoms with Crippen molar-refractivity contribution >= 4 is 28.3 Å². The number of carbonyl (C=O) groups excluding carboxylic acids is 1. The van der Waals surface area contributed by atoms with Crippen molar-refractivity contribution in [3.63, 3.8) is 0 Å². The van der Waals surface area contributed by atoms with Crippen LogP contribution in [0.15, 0.2) is 30.3 Å². The molecule has 21 heavy (non-hydrogen) atoms. The lowest BCUT2D eigenvalue weighted by Crippen LogP contribution is -2.27. The Bertz CT molecular complexity index is 710. The molecule has 1 aliphatic rings. The highest BCUT2D eigenvalue weighted by Gasteiger charge is 2.23. The van der Waals surface area contributed by atoms with Gasteiger partial charge in [0, 0.05) is 24.1 Å². The fraction of sp³-hybridized carbons (Fsp3) is 0.286. The van der Waals surface area contributed by atoms with E-state index < -0.39 is 11.0 Å². The van der Waals surface area contributed by atoms with Crippen LogP contribution < -0.4 is 5.32 Å². The average molecular weight is 287 g/mol. The number of nitro groups is 1. The van der Waals surface area contributed by atoms with Gasteiger partial charge in [-0.3, -0.25) is 14.9 Å². The Balaban J connectivity index is 1.82. The van der Waals surface area contributed by atoms with Crippen LogP contribution >= 0.6 is 0 Å². The number of benzene rings is 1. The van der Waals surface area contributed by atoms with Gasteiger partial charge in [-0.05, 0) is 31.0 Å². The molecule has 0 saturated carbocycles. The number of aromatic nitrogens is 1. The zero-order chi connectivity index (χ0) is 14.8. The van der Waals surface area contributed by atoms with E-state index in [9.17, 15) is 14.9 Å². The van der Waals surface area contributed by atoms with Crippen molar-refractivity contribution in [3.8, 4) is 0 Å². The number of nitrogens with zero attached hydrogens (tertiary/aromatic N) is 2. The number of fused-ring (bicyclic) bond motifs is 1. The summed E-state index contributed by atoms with van der Waals surface area (Å²) in [6.45, 7) is 0.604. The third-order valence-corrected chi connectivity index (χ3v) is 3.36. The summed E-state index contributed by atoms with van der Waals surface area (Å²) >= 11 is 0. The van der Waals surface area contributed by atoms with Crippen molar-refractivity contribution < 1.29 is 14.5 Å². The van der Waals surface area contributed by atoms with Gasteiger partial charge in [0.25, 0.3) is 11.6 Å². The molecule has 1 amide bonds. The van der Waals surface area contributed by atoms with Crippen molar-refractivity contribution in [2.24, 2.45) is 0 Å². The van der Waals surface area contributed by atoms with E-state index in [2.05, 4.69) is 10.3 Å². The van der Waals surface area contributed by atoms with Crippen LogP contribution in [-0.2, 0) is 9.53 Å². The molecule has 0 spiro atoms. The molecule has 1 saturated heterocycles. The largest absolute Gasteiger partial charge is 0.368 e. The average Bonchev–Trinajstić information content (AvgIpc) is 3.01. The molecule has 0 aliphatic carbocycles. The minimum Gasteiger partial charge on any atom is -0.368 e. The Hall–Kier alpha value is -2.54. The molecule has 3 rings (SSSR count). The van der Waals surface area contributed by atoms with E-state index in [4.69, 9.17) is 4.74 Å². The van der Waals surface area contributed by atoms with Crippen molar-refractivity contribution in [1.29, 1.82) is 0 Å². The van der Waals surface area contributed by atoms with Gasteiger partial charge < -0.3 is 10.1 Å². The Morgan fingerprint density at radius 2 is 2.24 bits per heavy atom. The van der Waals surface area contributed by atoms with Crippen molar-refractivity contribution in [2.75, 3.05) is 11.9 Å². The molecule has 1 N–H and O–H groups in total. The topological polar surface area (TPSA) is 94.4 Å². The van der Waals surface area contributed by atoms with Gasteiger partial charge in [0.15, 0.2) is 0 Å². The van der Waals surface area contributed by atoms with E-state index in [1.807, 2.05) is 0 Å². The van der Waals surface area contributed by atoms with E-state index in [0.29, 0.717) is 29.7 Å². The number of ether oxygens (including phenoxy) is 1. The lowest BCUT2D eigenvalue weighted by atomic mass is 10.2. The number of carbonyl (C=O) groups is 1. The van der Waals surface area contributed by atoms with Crippen LogP contribution in [0.1, 0.15) is 12.8 Å². The van der Waals surface area contributed by atoms with Crippen LogP contribution in [0.4, 0.5) is 11.5 Å². The van der Waals surface area contributed by atoms with E-state index in [1.54, 1.807) is 18.2 Å². The highest BCUT2D eigenvalue weighted by Crippen LogP contribution is 2.21. The highest BCUT2D eigenvalue weighted by molar-refractivity contribution is 5.94. The fourth-order valence-electron chi connectivity index (χ4n) is 2.29.